The molecular formula is C18H15ClN4O2S. The van der Waals surface area contributed by atoms with Crippen LogP contribution in [0.1, 0.15) is 12.6 Å². The van der Waals surface area contributed by atoms with E-state index >= 15 is 0 Å². The average Bonchev–Trinajstić information content (AvgIpc) is 3.28. The van der Waals surface area contributed by atoms with Crippen LogP contribution in [0, 0.1) is 0 Å². The molecule has 0 amide bonds. The SMILES string of the molecule is CCOc1ccc(-c2nc(COn3nnc4ccc(Cl)cc43)cs2)cc1. The minimum absolute atomic E-state index is 0.290. The molecule has 0 aliphatic rings. The number of benzene rings is 2. The van der Waals surface area contributed by atoms with Crippen LogP contribution < -0.4 is 9.57 Å². The van der Waals surface area contributed by atoms with E-state index in [1.54, 1.807) is 29.5 Å². The predicted molar refractivity (Wildman–Crippen MR) is 102 cm³/mol. The molecule has 132 valence electrons. The van der Waals surface area contributed by atoms with Crippen molar-refractivity contribution in [3.8, 4) is 16.3 Å². The third kappa shape index (κ3) is 3.49. The van der Waals surface area contributed by atoms with Crippen molar-refractivity contribution in [3.05, 3.63) is 58.6 Å². The second-order valence-electron chi connectivity index (χ2n) is 5.47. The van der Waals surface area contributed by atoms with Crippen molar-refractivity contribution in [1.82, 2.24) is 20.1 Å². The summed E-state index contributed by atoms with van der Waals surface area (Å²) in [6, 6.07) is 13.2. The summed E-state index contributed by atoms with van der Waals surface area (Å²) in [5.41, 5.74) is 3.31. The van der Waals surface area contributed by atoms with E-state index in [4.69, 9.17) is 21.2 Å². The fraction of sp³-hybridized carbons (Fsp3) is 0.167. The molecule has 0 aliphatic heterocycles. The zero-order valence-corrected chi connectivity index (χ0v) is 15.5. The van der Waals surface area contributed by atoms with Gasteiger partial charge in [-0.25, -0.2) is 4.98 Å². The lowest BCUT2D eigenvalue weighted by molar-refractivity contribution is 0.0735. The first-order chi connectivity index (χ1) is 12.7. The number of hydrogen-bond acceptors (Lipinski definition) is 6. The quantitative estimate of drug-likeness (QED) is 0.496. The third-order valence-corrected chi connectivity index (χ3v) is 4.85. The second-order valence-corrected chi connectivity index (χ2v) is 6.76. The Morgan fingerprint density at radius 1 is 1.15 bits per heavy atom. The van der Waals surface area contributed by atoms with Crippen LogP contribution in [0.4, 0.5) is 0 Å². The van der Waals surface area contributed by atoms with E-state index in [2.05, 4.69) is 15.3 Å². The fourth-order valence-corrected chi connectivity index (χ4v) is 3.44. The molecule has 0 fully saturated rings. The molecular weight excluding hydrogens is 372 g/mol. The van der Waals surface area contributed by atoms with E-state index in [-0.39, 0.29) is 0 Å². The molecule has 26 heavy (non-hydrogen) atoms. The lowest BCUT2D eigenvalue weighted by Gasteiger charge is -2.04. The molecule has 2 aromatic heterocycles. The van der Waals surface area contributed by atoms with E-state index < -0.39 is 0 Å². The van der Waals surface area contributed by atoms with Crippen LogP contribution in [0.25, 0.3) is 21.6 Å². The van der Waals surface area contributed by atoms with Gasteiger partial charge in [0, 0.05) is 16.0 Å². The zero-order chi connectivity index (χ0) is 17.9. The molecule has 0 aliphatic carbocycles. The summed E-state index contributed by atoms with van der Waals surface area (Å²) in [5, 5.41) is 11.5. The van der Waals surface area contributed by atoms with Gasteiger partial charge < -0.3 is 9.57 Å². The number of fused-ring (bicyclic) bond motifs is 1. The number of ether oxygens (including phenoxy) is 1. The van der Waals surface area contributed by atoms with Crippen molar-refractivity contribution in [1.29, 1.82) is 0 Å². The van der Waals surface area contributed by atoms with Crippen molar-refractivity contribution >= 4 is 34.0 Å². The van der Waals surface area contributed by atoms with Crippen LogP contribution in [0.5, 0.6) is 5.75 Å². The summed E-state index contributed by atoms with van der Waals surface area (Å²) in [7, 11) is 0. The molecule has 2 aromatic carbocycles. The molecule has 0 saturated carbocycles. The summed E-state index contributed by atoms with van der Waals surface area (Å²) in [5.74, 6) is 0.855. The smallest absolute Gasteiger partial charge is 0.160 e. The molecule has 4 rings (SSSR count). The van der Waals surface area contributed by atoms with Gasteiger partial charge in [-0.05, 0) is 54.6 Å². The molecule has 8 heteroatoms. The average molecular weight is 387 g/mol. The highest BCUT2D eigenvalue weighted by molar-refractivity contribution is 7.13. The molecule has 2 heterocycles. The maximum atomic E-state index is 6.02. The first-order valence-electron chi connectivity index (χ1n) is 8.05. The van der Waals surface area contributed by atoms with Gasteiger partial charge in [-0.3, -0.25) is 0 Å². The van der Waals surface area contributed by atoms with Gasteiger partial charge in [-0.1, -0.05) is 16.4 Å². The highest BCUT2D eigenvalue weighted by Crippen LogP contribution is 2.26. The first kappa shape index (κ1) is 16.8. The fourth-order valence-electron chi connectivity index (χ4n) is 2.46. The summed E-state index contributed by atoms with van der Waals surface area (Å²) >= 11 is 7.59. The maximum Gasteiger partial charge on any atom is 0.160 e. The summed E-state index contributed by atoms with van der Waals surface area (Å²) in [6.45, 7) is 2.91. The van der Waals surface area contributed by atoms with Crippen molar-refractivity contribution < 1.29 is 9.57 Å². The van der Waals surface area contributed by atoms with Gasteiger partial charge >= 0.3 is 0 Å². The van der Waals surface area contributed by atoms with Gasteiger partial charge in [0.2, 0.25) is 0 Å². The van der Waals surface area contributed by atoms with Gasteiger partial charge in [0.1, 0.15) is 21.8 Å². The van der Waals surface area contributed by atoms with Crippen molar-refractivity contribution in [2.75, 3.05) is 6.61 Å². The lowest BCUT2D eigenvalue weighted by Crippen LogP contribution is -2.13. The standard InChI is InChI=1S/C18H15ClN4O2S/c1-2-24-15-6-3-12(4-7-15)18-20-14(11-26-18)10-25-23-17-9-13(19)5-8-16(17)21-22-23/h3-9,11H,2,10H2,1H3. The largest absolute Gasteiger partial charge is 0.494 e. The van der Waals surface area contributed by atoms with Crippen molar-refractivity contribution in [2.24, 2.45) is 0 Å². The molecule has 0 spiro atoms. The molecule has 0 N–H and O–H groups in total. The zero-order valence-electron chi connectivity index (χ0n) is 13.9. The van der Waals surface area contributed by atoms with Crippen LogP contribution in [0.15, 0.2) is 47.8 Å². The first-order valence-corrected chi connectivity index (χ1v) is 9.30. The Bertz CT molecular complexity index is 1030. The Balaban J connectivity index is 1.47. The Hall–Kier alpha value is -2.64. The normalized spacial score (nSPS) is 11.0. The van der Waals surface area contributed by atoms with Crippen LogP contribution in [0.2, 0.25) is 5.02 Å². The second kappa shape index (κ2) is 7.31. The molecule has 4 aromatic rings. The molecule has 0 unspecified atom stereocenters. The number of rotatable bonds is 6. The third-order valence-electron chi connectivity index (χ3n) is 3.68. The van der Waals surface area contributed by atoms with E-state index in [9.17, 15) is 0 Å². The van der Waals surface area contributed by atoms with Crippen molar-refractivity contribution in [2.45, 2.75) is 13.5 Å². The Labute approximate surface area is 158 Å². The number of hydrogen-bond donors (Lipinski definition) is 0. The van der Waals surface area contributed by atoms with Gasteiger partial charge in [0.05, 0.1) is 12.3 Å². The summed E-state index contributed by atoms with van der Waals surface area (Å²) < 4.78 is 5.46. The van der Waals surface area contributed by atoms with E-state index in [0.29, 0.717) is 18.2 Å². The molecule has 0 atom stereocenters. The highest BCUT2D eigenvalue weighted by atomic mass is 35.5. The Morgan fingerprint density at radius 3 is 2.81 bits per heavy atom. The van der Waals surface area contributed by atoms with Gasteiger partial charge in [0.25, 0.3) is 0 Å². The number of nitrogens with zero attached hydrogens (tertiary/aromatic N) is 4. The summed E-state index contributed by atoms with van der Waals surface area (Å²) in [6.07, 6.45) is 0. The Morgan fingerprint density at radius 2 is 2.00 bits per heavy atom. The van der Waals surface area contributed by atoms with E-state index in [1.807, 2.05) is 36.6 Å². The van der Waals surface area contributed by atoms with Crippen molar-refractivity contribution in [3.63, 3.8) is 0 Å². The number of halogens is 1. The number of thiazole rings is 1. The molecule has 0 radical (unpaired) electrons. The molecule has 6 nitrogen and oxygen atoms in total. The lowest BCUT2D eigenvalue weighted by atomic mass is 10.2. The van der Waals surface area contributed by atoms with Crippen LogP contribution in [-0.4, -0.2) is 26.7 Å². The van der Waals surface area contributed by atoms with Crippen LogP contribution >= 0.6 is 22.9 Å². The molecule has 0 saturated heterocycles. The highest BCUT2D eigenvalue weighted by Gasteiger charge is 2.09. The van der Waals surface area contributed by atoms with Gasteiger partial charge in [-0.2, -0.15) is 0 Å². The summed E-state index contributed by atoms with van der Waals surface area (Å²) in [4.78, 5) is 11.7. The maximum absolute atomic E-state index is 6.02. The predicted octanol–water partition coefficient (Wildman–Crippen LogP) is 4.24. The minimum atomic E-state index is 0.290. The molecule has 0 bridgehead atoms. The van der Waals surface area contributed by atoms with E-state index in [1.165, 1.54) is 4.85 Å². The van der Waals surface area contributed by atoms with Crippen LogP contribution in [-0.2, 0) is 6.61 Å². The topological polar surface area (TPSA) is 62.1 Å². The minimum Gasteiger partial charge on any atom is -0.494 e. The number of aromatic nitrogens is 4. The monoisotopic (exact) mass is 386 g/mol. The van der Waals surface area contributed by atoms with Gasteiger partial charge in [-0.15, -0.1) is 16.4 Å². The van der Waals surface area contributed by atoms with Crippen LogP contribution in [0.3, 0.4) is 0 Å². The van der Waals surface area contributed by atoms with Gasteiger partial charge in [0.15, 0.2) is 6.61 Å². The Kier molecular flexibility index (Phi) is 4.73. The van der Waals surface area contributed by atoms with E-state index in [0.717, 1.165) is 33.0 Å².